The van der Waals surface area contributed by atoms with Gasteiger partial charge in [-0.25, -0.2) is 16.8 Å². The predicted octanol–water partition coefficient (Wildman–Crippen LogP) is 4.78. The molecular weight excluding hydrogens is 368 g/mol. The Morgan fingerprint density at radius 3 is 1.12 bits per heavy atom. The second-order valence-corrected chi connectivity index (χ2v) is 14.0. The monoisotopic (exact) mass is 408 g/mol. The average Bonchev–Trinajstić information content (AvgIpc) is 2.43. The quantitative estimate of drug-likeness (QED) is 0.488. The van der Waals surface area contributed by atoms with Crippen molar-refractivity contribution in [2.75, 3.05) is 24.0 Å². The third kappa shape index (κ3) is 10.9. The van der Waals surface area contributed by atoms with Gasteiger partial charge in [0.1, 0.15) is 19.7 Å². The van der Waals surface area contributed by atoms with Gasteiger partial charge in [-0.15, -0.1) is 0 Å². The first-order valence-electron chi connectivity index (χ1n) is 10.2. The van der Waals surface area contributed by atoms with Crippen molar-refractivity contribution in [1.29, 1.82) is 0 Å². The fourth-order valence-corrected chi connectivity index (χ4v) is 5.35. The van der Waals surface area contributed by atoms with Crippen molar-refractivity contribution in [3.05, 3.63) is 0 Å². The Morgan fingerprint density at radius 2 is 0.923 bits per heavy atom. The van der Waals surface area contributed by atoms with E-state index in [9.17, 15) is 16.8 Å². The van der Waals surface area contributed by atoms with Crippen molar-refractivity contribution in [1.82, 2.24) is 0 Å². The Kier molecular flexibility index (Phi) is 9.12. The van der Waals surface area contributed by atoms with E-state index in [4.69, 9.17) is 0 Å². The molecule has 0 unspecified atom stereocenters. The maximum atomic E-state index is 10.8. The minimum atomic E-state index is -2.73. The van der Waals surface area contributed by atoms with Gasteiger partial charge in [-0.05, 0) is 62.2 Å². The van der Waals surface area contributed by atoms with Gasteiger partial charge in [0.05, 0.1) is 0 Å². The zero-order valence-electron chi connectivity index (χ0n) is 17.3. The van der Waals surface area contributed by atoms with Gasteiger partial charge in [0.15, 0.2) is 0 Å². The highest BCUT2D eigenvalue weighted by Gasteiger charge is 2.31. The van der Waals surface area contributed by atoms with Gasteiger partial charge in [0.25, 0.3) is 0 Å². The summed E-state index contributed by atoms with van der Waals surface area (Å²) in [5.41, 5.74) is 1.11. The molecule has 0 bridgehead atoms. The maximum absolute atomic E-state index is 10.8. The fourth-order valence-electron chi connectivity index (χ4n) is 3.89. The van der Waals surface area contributed by atoms with E-state index in [0.29, 0.717) is 22.3 Å². The first-order valence-corrected chi connectivity index (χ1v) is 14.3. The summed E-state index contributed by atoms with van der Waals surface area (Å²) >= 11 is 0. The molecule has 2 aliphatic carbocycles. The summed E-state index contributed by atoms with van der Waals surface area (Å²) in [7, 11) is -5.46. The van der Waals surface area contributed by atoms with Gasteiger partial charge < -0.3 is 0 Å². The van der Waals surface area contributed by atoms with Crippen LogP contribution < -0.4 is 0 Å². The Labute approximate surface area is 162 Å². The van der Waals surface area contributed by atoms with Crippen molar-refractivity contribution >= 4 is 19.7 Å². The van der Waals surface area contributed by atoms with E-state index in [2.05, 4.69) is 13.8 Å². The van der Waals surface area contributed by atoms with Crippen LogP contribution in [0.5, 0.6) is 0 Å². The second-order valence-electron chi connectivity index (χ2n) is 9.50. The van der Waals surface area contributed by atoms with Crippen LogP contribution in [0.25, 0.3) is 0 Å². The molecule has 6 heteroatoms. The van der Waals surface area contributed by atoms with Crippen LogP contribution in [-0.2, 0) is 19.7 Å². The lowest BCUT2D eigenvalue weighted by Gasteiger charge is -2.38. The molecule has 0 spiro atoms. The molecule has 0 aliphatic heterocycles. The summed E-state index contributed by atoms with van der Waals surface area (Å²) in [6, 6.07) is 0. The molecular formula is C20H40O4S2. The van der Waals surface area contributed by atoms with Gasteiger partial charge in [-0.3, -0.25) is 0 Å². The average molecular weight is 409 g/mol. The Hall–Kier alpha value is -0.100. The molecule has 0 aromatic carbocycles. The van der Waals surface area contributed by atoms with Crippen LogP contribution in [0.3, 0.4) is 0 Å². The zero-order chi connectivity index (χ0) is 19.9. The van der Waals surface area contributed by atoms with Gasteiger partial charge in [0, 0.05) is 24.0 Å². The summed E-state index contributed by atoms with van der Waals surface area (Å²) in [5.74, 6) is 0.728. The van der Waals surface area contributed by atoms with Crippen molar-refractivity contribution in [2.24, 2.45) is 10.8 Å². The molecule has 2 aliphatic rings. The molecule has 0 atom stereocenters. The molecule has 0 aromatic heterocycles. The molecule has 156 valence electrons. The zero-order valence-corrected chi connectivity index (χ0v) is 19.0. The lowest BCUT2D eigenvalue weighted by molar-refractivity contribution is 0.142. The van der Waals surface area contributed by atoms with Crippen LogP contribution in [0.2, 0.25) is 0 Å². The minimum absolute atomic E-state index is 0.364. The predicted molar refractivity (Wildman–Crippen MR) is 111 cm³/mol. The summed E-state index contributed by atoms with van der Waals surface area (Å²) in [6.45, 7) is 4.63. The van der Waals surface area contributed by atoms with E-state index in [1.165, 1.54) is 63.9 Å². The number of hydrogen-bond acceptors (Lipinski definition) is 4. The molecule has 2 saturated carbocycles. The van der Waals surface area contributed by atoms with E-state index in [-0.39, 0.29) is 0 Å². The first kappa shape index (κ1) is 23.9. The molecule has 26 heavy (non-hydrogen) atoms. The van der Waals surface area contributed by atoms with Crippen LogP contribution in [0.15, 0.2) is 0 Å². The standard InChI is InChI=1S/2C10H20O2S/c2*1-10(7-5-8-10)6-3-4-9-13(2,11)12/h2*3-9H2,1-2H3. The van der Waals surface area contributed by atoms with Crippen LogP contribution in [0, 0.1) is 10.8 Å². The number of sulfone groups is 2. The van der Waals surface area contributed by atoms with E-state index in [1.807, 2.05) is 0 Å². The topological polar surface area (TPSA) is 68.3 Å². The third-order valence-electron chi connectivity index (χ3n) is 6.21. The van der Waals surface area contributed by atoms with E-state index in [1.54, 1.807) is 0 Å². The maximum Gasteiger partial charge on any atom is 0.147 e. The minimum Gasteiger partial charge on any atom is -0.229 e. The fraction of sp³-hybridized carbons (Fsp3) is 1.00. The van der Waals surface area contributed by atoms with Gasteiger partial charge in [-0.1, -0.05) is 39.5 Å². The molecule has 0 radical (unpaired) electrons. The lowest BCUT2D eigenvalue weighted by atomic mass is 9.67. The molecule has 0 amide bonds. The highest BCUT2D eigenvalue weighted by atomic mass is 32.2. The molecule has 0 aromatic rings. The normalized spacial score (nSPS) is 21.1. The third-order valence-corrected chi connectivity index (χ3v) is 8.27. The molecule has 4 nitrogen and oxygen atoms in total. The molecule has 2 rings (SSSR count). The highest BCUT2D eigenvalue weighted by molar-refractivity contribution is 7.90. The van der Waals surface area contributed by atoms with Crippen molar-refractivity contribution < 1.29 is 16.8 Å². The Balaban J connectivity index is 0.000000260. The van der Waals surface area contributed by atoms with Crippen LogP contribution >= 0.6 is 0 Å². The molecule has 0 saturated heterocycles. The molecule has 0 N–H and O–H groups in total. The van der Waals surface area contributed by atoms with Gasteiger partial charge >= 0.3 is 0 Å². The summed E-state index contributed by atoms with van der Waals surface area (Å²) in [4.78, 5) is 0. The van der Waals surface area contributed by atoms with Gasteiger partial charge in [0.2, 0.25) is 0 Å². The number of hydrogen-bond donors (Lipinski definition) is 0. The van der Waals surface area contributed by atoms with E-state index >= 15 is 0 Å². The van der Waals surface area contributed by atoms with Crippen molar-refractivity contribution in [3.63, 3.8) is 0 Å². The SMILES string of the molecule is CC1(CCCCS(C)(=O)=O)CCC1.CC1(CCCCS(C)(=O)=O)CCC1. The largest absolute Gasteiger partial charge is 0.229 e. The van der Waals surface area contributed by atoms with Crippen molar-refractivity contribution in [3.8, 4) is 0 Å². The number of rotatable bonds is 10. The molecule has 2 fully saturated rings. The molecule has 0 heterocycles. The van der Waals surface area contributed by atoms with Crippen molar-refractivity contribution in [2.45, 2.75) is 90.9 Å². The summed E-state index contributed by atoms with van der Waals surface area (Å²) in [5, 5.41) is 0. The smallest absolute Gasteiger partial charge is 0.147 e. The van der Waals surface area contributed by atoms with Crippen LogP contribution in [-0.4, -0.2) is 40.9 Å². The summed E-state index contributed by atoms with van der Waals surface area (Å²) < 4.78 is 43.4. The lowest BCUT2D eigenvalue weighted by Crippen LogP contribution is -2.25. The summed E-state index contributed by atoms with van der Waals surface area (Å²) in [6.07, 6.45) is 17.0. The Bertz CT molecular complexity index is 556. The van der Waals surface area contributed by atoms with Crippen LogP contribution in [0.4, 0.5) is 0 Å². The second kappa shape index (κ2) is 9.90. The van der Waals surface area contributed by atoms with Gasteiger partial charge in [-0.2, -0.15) is 0 Å². The number of unbranched alkanes of at least 4 members (excludes halogenated alkanes) is 2. The first-order chi connectivity index (χ1) is 11.8. The van der Waals surface area contributed by atoms with Crippen LogP contribution in [0.1, 0.15) is 90.9 Å². The van der Waals surface area contributed by atoms with E-state index < -0.39 is 19.7 Å². The highest BCUT2D eigenvalue weighted by Crippen LogP contribution is 2.45. The Morgan fingerprint density at radius 1 is 0.615 bits per heavy atom. The van der Waals surface area contributed by atoms with E-state index in [0.717, 1.165) is 25.7 Å².